The highest BCUT2D eigenvalue weighted by atomic mass is 16.2. The second kappa shape index (κ2) is 10.7. The molecule has 9 heteroatoms. The third-order valence-electron chi connectivity index (χ3n) is 5.86. The number of hydrogen-bond donors (Lipinski definition) is 4. The molecule has 9 nitrogen and oxygen atoms in total. The van der Waals surface area contributed by atoms with Crippen molar-refractivity contribution in [2.45, 2.75) is 31.8 Å². The molecule has 1 atom stereocenters. The smallest absolute Gasteiger partial charge is 0.254 e. The average molecular weight is 460 g/mol. The SMILES string of the molecule is CNC(=O)[C@@H]1CCCCN1c1ccc(Nc2ncc(C(N)=O)c(NCc3ccccc3)n2)cc1. The third kappa shape index (κ3) is 5.43. The number of carbonyl (C=O) groups is 2. The van der Waals surface area contributed by atoms with Gasteiger partial charge >= 0.3 is 0 Å². The molecular formula is C25H29N7O2. The first kappa shape index (κ1) is 23.0. The number of likely N-dealkylation sites (N-methyl/N-ethyl adjacent to an activating group) is 1. The second-order valence-electron chi connectivity index (χ2n) is 8.15. The maximum Gasteiger partial charge on any atom is 0.254 e. The number of rotatable bonds is 8. The Hall–Kier alpha value is -4.14. The molecule has 0 spiro atoms. The van der Waals surface area contributed by atoms with Crippen LogP contribution in [0.25, 0.3) is 0 Å². The van der Waals surface area contributed by atoms with Crippen LogP contribution in [-0.2, 0) is 11.3 Å². The van der Waals surface area contributed by atoms with Crippen molar-refractivity contribution in [2.75, 3.05) is 29.1 Å². The minimum atomic E-state index is -0.598. The number of nitrogens with zero attached hydrogens (tertiary/aromatic N) is 3. The molecule has 1 fully saturated rings. The Kier molecular flexibility index (Phi) is 7.22. The molecule has 0 saturated carbocycles. The van der Waals surface area contributed by atoms with E-state index >= 15 is 0 Å². The van der Waals surface area contributed by atoms with Gasteiger partial charge in [0.2, 0.25) is 11.9 Å². The van der Waals surface area contributed by atoms with Crippen LogP contribution in [0.2, 0.25) is 0 Å². The molecule has 34 heavy (non-hydrogen) atoms. The van der Waals surface area contributed by atoms with Crippen LogP contribution in [0.4, 0.5) is 23.1 Å². The Morgan fingerprint density at radius 2 is 1.85 bits per heavy atom. The van der Waals surface area contributed by atoms with Gasteiger partial charge in [0, 0.05) is 37.7 Å². The van der Waals surface area contributed by atoms with Gasteiger partial charge in [-0.1, -0.05) is 30.3 Å². The van der Waals surface area contributed by atoms with Crippen molar-refractivity contribution >= 4 is 35.0 Å². The van der Waals surface area contributed by atoms with Crippen LogP contribution in [0.1, 0.15) is 35.2 Å². The lowest BCUT2D eigenvalue weighted by Crippen LogP contribution is -2.48. The van der Waals surface area contributed by atoms with Gasteiger partial charge in [-0.3, -0.25) is 9.59 Å². The molecule has 1 aliphatic heterocycles. The first-order valence-corrected chi connectivity index (χ1v) is 11.3. The van der Waals surface area contributed by atoms with Gasteiger partial charge < -0.3 is 26.6 Å². The number of nitrogens with two attached hydrogens (primary N) is 1. The molecule has 5 N–H and O–H groups in total. The number of carbonyl (C=O) groups excluding carboxylic acids is 2. The predicted octanol–water partition coefficient (Wildman–Crippen LogP) is 3.04. The molecule has 0 unspecified atom stereocenters. The van der Waals surface area contributed by atoms with Crippen molar-refractivity contribution in [3.8, 4) is 0 Å². The first-order valence-electron chi connectivity index (χ1n) is 11.3. The summed E-state index contributed by atoms with van der Waals surface area (Å²) < 4.78 is 0. The highest BCUT2D eigenvalue weighted by Gasteiger charge is 2.28. The zero-order valence-electron chi connectivity index (χ0n) is 19.1. The molecule has 176 valence electrons. The molecule has 4 rings (SSSR count). The van der Waals surface area contributed by atoms with E-state index in [1.165, 1.54) is 6.20 Å². The Balaban J connectivity index is 1.48. The summed E-state index contributed by atoms with van der Waals surface area (Å²) in [5.41, 5.74) is 8.56. The van der Waals surface area contributed by atoms with Crippen LogP contribution in [0.5, 0.6) is 0 Å². The minimum Gasteiger partial charge on any atom is -0.365 e. The summed E-state index contributed by atoms with van der Waals surface area (Å²) in [6.07, 6.45) is 4.37. The molecule has 2 aromatic carbocycles. The standard InChI is InChI=1S/C25H29N7O2/c1-27-24(34)21-9-5-6-14-32(21)19-12-10-18(11-13-19)30-25-29-16-20(22(26)33)23(31-25)28-15-17-7-3-2-4-8-17/h2-4,7-8,10-13,16,21H,5-6,9,14-15H2,1H3,(H2,26,33)(H,27,34)(H2,28,29,30,31)/t21-/m0/s1. The molecular weight excluding hydrogens is 430 g/mol. The van der Waals surface area contributed by atoms with Crippen molar-refractivity contribution in [1.82, 2.24) is 15.3 Å². The highest BCUT2D eigenvalue weighted by Crippen LogP contribution is 2.27. The summed E-state index contributed by atoms with van der Waals surface area (Å²) in [5, 5.41) is 9.11. The van der Waals surface area contributed by atoms with E-state index in [2.05, 4.69) is 30.8 Å². The van der Waals surface area contributed by atoms with Crippen LogP contribution in [0.3, 0.4) is 0 Å². The van der Waals surface area contributed by atoms with Gasteiger partial charge in [0.1, 0.15) is 11.9 Å². The van der Waals surface area contributed by atoms with E-state index in [4.69, 9.17) is 5.73 Å². The van der Waals surface area contributed by atoms with Crippen molar-refractivity contribution in [1.29, 1.82) is 0 Å². The number of benzene rings is 2. The van der Waals surface area contributed by atoms with E-state index in [9.17, 15) is 9.59 Å². The number of aromatic nitrogens is 2. The molecule has 1 aliphatic rings. The first-order chi connectivity index (χ1) is 16.5. The normalized spacial score (nSPS) is 15.4. The van der Waals surface area contributed by atoms with Crippen LogP contribution < -0.4 is 26.6 Å². The van der Waals surface area contributed by atoms with Crippen molar-refractivity contribution < 1.29 is 9.59 Å². The van der Waals surface area contributed by atoms with Gasteiger partial charge in [-0.05, 0) is 49.1 Å². The summed E-state index contributed by atoms with van der Waals surface area (Å²) in [6, 6.07) is 17.5. The van der Waals surface area contributed by atoms with E-state index in [0.717, 1.165) is 42.7 Å². The topological polar surface area (TPSA) is 125 Å². The fraction of sp³-hybridized carbons (Fsp3) is 0.280. The number of hydrogen-bond acceptors (Lipinski definition) is 7. The Bertz CT molecular complexity index is 1140. The van der Waals surface area contributed by atoms with Gasteiger partial charge in [-0.2, -0.15) is 4.98 Å². The van der Waals surface area contributed by atoms with E-state index in [-0.39, 0.29) is 17.5 Å². The van der Waals surface area contributed by atoms with E-state index in [0.29, 0.717) is 18.3 Å². The maximum absolute atomic E-state index is 12.3. The van der Waals surface area contributed by atoms with Crippen LogP contribution in [-0.4, -0.2) is 41.4 Å². The number of anilines is 4. The molecule has 3 aromatic rings. The summed E-state index contributed by atoms with van der Waals surface area (Å²) in [4.78, 5) is 35.0. The second-order valence-corrected chi connectivity index (χ2v) is 8.15. The summed E-state index contributed by atoms with van der Waals surface area (Å²) in [5.74, 6) is 0.153. The quantitative estimate of drug-likeness (QED) is 0.408. The van der Waals surface area contributed by atoms with Gasteiger partial charge in [-0.25, -0.2) is 4.98 Å². The largest absolute Gasteiger partial charge is 0.365 e. The zero-order valence-corrected chi connectivity index (χ0v) is 19.1. The van der Waals surface area contributed by atoms with Crippen molar-refractivity contribution in [3.63, 3.8) is 0 Å². The van der Waals surface area contributed by atoms with Crippen LogP contribution in [0.15, 0.2) is 60.8 Å². The van der Waals surface area contributed by atoms with Crippen LogP contribution >= 0.6 is 0 Å². The summed E-state index contributed by atoms with van der Waals surface area (Å²) >= 11 is 0. The lowest BCUT2D eigenvalue weighted by atomic mass is 10.0. The van der Waals surface area contributed by atoms with Gasteiger partial charge in [-0.15, -0.1) is 0 Å². The van der Waals surface area contributed by atoms with Crippen LogP contribution in [0, 0.1) is 0 Å². The molecule has 0 aliphatic carbocycles. The van der Waals surface area contributed by atoms with Crippen molar-refractivity contribution in [3.05, 3.63) is 71.9 Å². The van der Waals surface area contributed by atoms with Crippen molar-refractivity contribution in [2.24, 2.45) is 5.73 Å². The molecule has 1 saturated heterocycles. The van der Waals surface area contributed by atoms with Gasteiger partial charge in [0.25, 0.3) is 5.91 Å². The highest BCUT2D eigenvalue weighted by molar-refractivity contribution is 5.97. The van der Waals surface area contributed by atoms with Gasteiger partial charge in [0.15, 0.2) is 0 Å². The average Bonchev–Trinajstić information content (AvgIpc) is 2.88. The lowest BCUT2D eigenvalue weighted by Gasteiger charge is -2.36. The minimum absolute atomic E-state index is 0.0420. The number of piperidine rings is 1. The lowest BCUT2D eigenvalue weighted by molar-refractivity contribution is -0.122. The maximum atomic E-state index is 12.3. The molecule has 2 amide bonds. The number of nitrogens with one attached hydrogen (secondary N) is 3. The van der Waals surface area contributed by atoms with Gasteiger partial charge in [0.05, 0.1) is 5.56 Å². The fourth-order valence-corrected chi connectivity index (χ4v) is 4.08. The molecule has 0 radical (unpaired) electrons. The number of amides is 2. The van der Waals surface area contributed by atoms with E-state index in [1.54, 1.807) is 7.05 Å². The summed E-state index contributed by atoms with van der Waals surface area (Å²) in [6.45, 7) is 1.34. The fourth-order valence-electron chi connectivity index (χ4n) is 4.08. The molecule has 0 bridgehead atoms. The Morgan fingerprint density at radius 1 is 1.09 bits per heavy atom. The Labute approximate surface area is 198 Å². The summed E-state index contributed by atoms with van der Waals surface area (Å²) in [7, 11) is 1.68. The predicted molar refractivity (Wildman–Crippen MR) is 133 cm³/mol. The Morgan fingerprint density at radius 3 is 2.56 bits per heavy atom. The molecule has 2 heterocycles. The molecule has 1 aromatic heterocycles. The zero-order chi connectivity index (χ0) is 23.9. The third-order valence-corrected chi connectivity index (χ3v) is 5.86. The van der Waals surface area contributed by atoms with E-state index in [1.807, 2.05) is 54.6 Å². The number of primary amides is 1. The van der Waals surface area contributed by atoms with E-state index < -0.39 is 5.91 Å². The monoisotopic (exact) mass is 459 g/mol.